The topological polar surface area (TPSA) is 25.2 Å². The smallest absolute Gasteiger partial charge is 0.150 e. The van der Waals surface area contributed by atoms with Crippen molar-refractivity contribution >= 4 is 21.6 Å². The molecule has 0 fully saturated rings. The molecule has 5 heteroatoms. The first kappa shape index (κ1) is 13.1. The molecule has 1 N–H and O–H groups in total. The zero-order chi connectivity index (χ0) is 13.1. The lowest BCUT2D eigenvalue weighted by Gasteiger charge is -2.17. The number of furan rings is 1. The fourth-order valence-corrected chi connectivity index (χ4v) is 2.24. The highest BCUT2D eigenvalue weighted by molar-refractivity contribution is 9.10. The van der Waals surface area contributed by atoms with Crippen molar-refractivity contribution in [2.45, 2.75) is 19.4 Å². The van der Waals surface area contributed by atoms with Crippen LogP contribution >= 0.6 is 15.9 Å². The van der Waals surface area contributed by atoms with Crippen molar-refractivity contribution in [3.63, 3.8) is 0 Å². The molecule has 0 bridgehead atoms. The highest BCUT2D eigenvalue weighted by Crippen LogP contribution is 2.31. The van der Waals surface area contributed by atoms with Crippen LogP contribution in [0.3, 0.4) is 0 Å². The molecule has 0 amide bonds. The molecule has 2 aromatic rings. The van der Waals surface area contributed by atoms with Gasteiger partial charge in [-0.25, -0.2) is 8.78 Å². The van der Waals surface area contributed by atoms with Gasteiger partial charge in [-0.2, -0.15) is 0 Å². The Kier molecular flexibility index (Phi) is 4.01. The van der Waals surface area contributed by atoms with Gasteiger partial charge >= 0.3 is 0 Å². The third-order valence-electron chi connectivity index (χ3n) is 2.62. The Morgan fingerprint density at radius 3 is 2.72 bits per heavy atom. The molecule has 0 aliphatic rings. The predicted octanol–water partition coefficient (Wildman–Crippen LogP) is 4.88. The van der Waals surface area contributed by atoms with Crippen LogP contribution < -0.4 is 5.32 Å². The highest BCUT2D eigenvalue weighted by atomic mass is 79.9. The summed E-state index contributed by atoms with van der Waals surface area (Å²) in [6.45, 7) is 1.95. The van der Waals surface area contributed by atoms with E-state index in [0.717, 1.165) is 12.5 Å². The molecular weight excluding hydrogens is 304 g/mol. The number of hydrogen-bond donors (Lipinski definition) is 1. The van der Waals surface area contributed by atoms with E-state index in [4.69, 9.17) is 4.42 Å². The highest BCUT2D eigenvalue weighted by Gasteiger charge is 2.16. The SMILES string of the molecule is CCC(Nc1c(F)cc(F)cc1Br)c1ccco1. The lowest BCUT2D eigenvalue weighted by Crippen LogP contribution is -2.10. The Morgan fingerprint density at radius 1 is 1.39 bits per heavy atom. The third-order valence-corrected chi connectivity index (χ3v) is 3.25. The molecular formula is C13H12BrF2NO. The molecule has 2 rings (SSSR count). The summed E-state index contributed by atoms with van der Waals surface area (Å²) in [5.74, 6) is -0.532. The Morgan fingerprint density at radius 2 is 2.17 bits per heavy atom. The molecule has 18 heavy (non-hydrogen) atoms. The van der Waals surface area contributed by atoms with Crippen molar-refractivity contribution in [2.75, 3.05) is 5.32 Å². The predicted molar refractivity (Wildman–Crippen MR) is 69.4 cm³/mol. The minimum absolute atomic E-state index is 0.156. The second-order valence-electron chi connectivity index (χ2n) is 3.87. The molecule has 96 valence electrons. The van der Waals surface area contributed by atoms with Gasteiger partial charge in [-0.15, -0.1) is 0 Å². The van der Waals surface area contributed by atoms with Crippen LogP contribution in [0.15, 0.2) is 39.4 Å². The second-order valence-corrected chi connectivity index (χ2v) is 4.72. The maximum absolute atomic E-state index is 13.7. The largest absolute Gasteiger partial charge is 0.467 e. The third kappa shape index (κ3) is 2.72. The van der Waals surface area contributed by atoms with Gasteiger partial charge in [-0.1, -0.05) is 6.92 Å². The van der Waals surface area contributed by atoms with Gasteiger partial charge in [0.05, 0.1) is 18.0 Å². The Balaban J connectivity index is 2.28. The van der Waals surface area contributed by atoms with Crippen LogP contribution in [0.1, 0.15) is 25.1 Å². The van der Waals surface area contributed by atoms with Crippen LogP contribution in [0.5, 0.6) is 0 Å². The average molecular weight is 316 g/mol. The van der Waals surface area contributed by atoms with Gasteiger partial charge in [0.25, 0.3) is 0 Å². The van der Waals surface area contributed by atoms with Crippen molar-refractivity contribution in [1.29, 1.82) is 0 Å². The van der Waals surface area contributed by atoms with E-state index in [2.05, 4.69) is 21.2 Å². The van der Waals surface area contributed by atoms with E-state index in [1.807, 2.05) is 13.0 Å². The minimum atomic E-state index is -0.633. The molecule has 2 nitrogen and oxygen atoms in total. The van der Waals surface area contributed by atoms with Gasteiger partial charge in [0.2, 0.25) is 0 Å². The normalized spacial score (nSPS) is 12.4. The summed E-state index contributed by atoms with van der Waals surface area (Å²) >= 11 is 3.15. The van der Waals surface area contributed by atoms with Crippen molar-refractivity contribution in [1.82, 2.24) is 0 Å². The van der Waals surface area contributed by atoms with Crippen molar-refractivity contribution in [2.24, 2.45) is 0 Å². The number of benzene rings is 1. The fourth-order valence-electron chi connectivity index (χ4n) is 1.72. The monoisotopic (exact) mass is 315 g/mol. The summed E-state index contributed by atoms with van der Waals surface area (Å²) in [7, 11) is 0. The molecule has 0 saturated carbocycles. The zero-order valence-electron chi connectivity index (χ0n) is 9.71. The van der Waals surface area contributed by atoms with E-state index in [9.17, 15) is 8.78 Å². The van der Waals surface area contributed by atoms with Gasteiger partial charge < -0.3 is 9.73 Å². The lowest BCUT2D eigenvalue weighted by molar-refractivity contribution is 0.472. The first-order valence-electron chi connectivity index (χ1n) is 5.56. The Bertz CT molecular complexity index is 505. The van der Waals surface area contributed by atoms with Gasteiger partial charge in [-0.3, -0.25) is 0 Å². The molecule has 1 heterocycles. The van der Waals surface area contributed by atoms with Crippen LogP contribution in [0.2, 0.25) is 0 Å². The molecule has 1 atom stereocenters. The van der Waals surface area contributed by atoms with E-state index < -0.39 is 11.6 Å². The molecule has 0 saturated heterocycles. The number of anilines is 1. The van der Waals surface area contributed by atoms with Crippen LogP contribution in [0, 0.1) is 11.6 Å². The first-order chi connectivity index (χ1) is 8.61. The number of rotatable bonds is 4. The van der Waals surface area contributed by atoms with E-state index in [0.29, 0.717) is 10.2 Å². The molecule has 0 radical (unpaired) electrons. The molecule has 0 aliphatic heterocycles. The van der Waals surface area contributed by atoms with Crippen LogP contribution in [0.25, 0.3) is 0 Å². The number of hydrogen-bond acceptors (Lipinski definition) is 2. The fraction of sp³-hybridized carbons (Fsp3) is 0.231. The van der Waals surface area contributed by atoms with E-state index in [1.165, 1.54) is 6.07 Å². The average Bonchev–Trinajstić information content (AvgIpc) is 2.81. The summed E-state index contributed by atoms with van der Waals surface area (Å²) < 4.78 is 32.3. The maximum atomic E-state index is 13.7. The van der Waals surface area contributed by atoms with Gasteiger partial charge in [0.1, 0.15) is 17.4 Å². The molecule has 0 spiro atoms. The summed E-state index contributed by atoms with van der Waals surface area (Å²) in [5, 5.41) is 3.01. The zero-order valence-corrected chi connectivity index (χ0v) is 11.3. The summed E-state index contributed by atoms with van der Waals surface area (Å²) in [6, 6.07) is 5.50. The van der Waals surface area contributed by atoms with Gasteiger partial charge in [-0.05, 0) is 40.5 Å². The standard InChI is InChI=1S/C13H12BrF2NO/c1-2-11(12-4-3-5-18-12)17-13-9(14)6-8(15)7-10(13)16/h3-7,11,17H,2H2,1H3. The number of nitrogens with one attached hydrogen (secondary N) is 1. The van der Waals surface area contributed by atoms with E-state index >= 15 is 0 Å². The van der Waals surface area contributed by atoms with Crippen molar-refractivity contribution < 1.29 is 13.2 Å². The van der Waals surface area contributed by atoms with Crippen LogP contribution in [-0.4, -0.2) is 0 Å². The van der Waals surface area contributed by atoms with Crippen molar-refractivity contribution in [3.8, 4) is 0 Å². The molecule has 1 aromatic heterocycles. The van der Waals surface area contributed by atoms with Crippen molar-refractivity contribution in [3.05, 3.63) is 52.4 Å². The first-order valence-corrected chi connectivity index (χ1v) is 6.35. The summed E-state index contributed by atoms with van der Waals surface area (Å²) in [4.78, 5) is 0. The van der Waals surface area contributed by atoms with E-state index in [-0.39, 0.29) is 11.7 Å². The van der Waals surface area contributed by atoms with Gasteiger partial charge in [0.15, 0.2) is 0 Å². The van der Waals surface area contributed by atoms with E-state index in [1.54, 1.807) is 12.3 Å². The van der Waals surface area contributed by atoms with Crippen LogP contribution in [0.4, 0.5) is 14.5 Å². The maximum Gasteiger partial charge on any atom is 0.150 e. The summed E-state index contributed by atoms with van der Waals surface area (Å²) in [5.41, 5.74) is 0.236. The Labute approximate surface area is 112 Å². The molecule has 1 aromatic carbocycles. The molecule has 1 unspecified atom stereocenters. The summed E-state index contributed by atoms with van der Waals surface area (Å²) in [6.07, 6.45) is 2.28. The minimum Gasteiger partial charge on any atom is -0.467 e. The molecule has 0 aliphatic carbocycles. The lowest BCUT2D eigenvalue weighted by atomic mass is 10.1. The quantitative estimate of drug-likeness (QED) is 0.869. The number of halogens is 3. The van der Waals surface area contributed by atoms with Crippen LogP contribution in [-0.2, 0) is 0 Å². The van der Waals surface area contributed by atoms with Gasteiger partial charge in [0, 0.05) is 10.5 Å². The second kappa shape index (κ2) is 5.52. The Hall–Kier alpha value is -1.36.